The van der Waals surface area contributed by atoms with E-state index in [0.29, 0.717) is 120 Å². The fourth-order valence-electron chi connectivity index (χ4n) is 10.9. The topological polar surface area (TPSA) is 245 Å². The number of piperidine rings is 2. The fraction of sp³-hybridized carbons (Fsp3) is 0.531. The van der Waals surface area contributed by atoms with Crippen LogP contribution < -0.4 is 20.9 Å². The van der Waals surface area contributed by atoms with Crippen LogP contribution in [-0.2, 0) is 21.4 Å². The number of benzene rings is 1. The average molecular weight is 987 g/mol. The van der Waals surface area contributed by atoms with Crippen molar-refractivity contribution in [1.82, 2.24) is 64.7 Å². The molecule has 5 aliphatic rings. The number of likely N-dealkylation sites (tertiary alicyclic amines) is 2. The second-order valence-electron chi connectivity index (χ2n) is 20.1. The number of nitrogens with two attached hydrogens (primary N) is 1. The van der Waals surface area contributed by atoms with Crippen LogP contribution >= 0.6 is 0 Å². The molecule has 378 valence electrons. The molecule has 72 heavy (non-hydrogen) atoms. The second-order valence-corrected chi connectivity index (χ2v) is 20.1. The number of amides is 5. The summed E-state index contributed by atoms with van der Waals surface area (Å²) in [4.78, 5) is 78.6. The Morgan fingerprint density at radius 1 is 0.903 bits per heavy atom. The van der Waals surface area contributed by atoms with Crippen LogP contribution in [0.15, 0.2) is 29.2 Å². The van der Waals surface area contributed by atoms with E-state index in [0.717, 1.165) is 62.3 Å². The predicted molar refractivity (Wildman–Crippen MR) is 262 cm³/mol. The van der Waals surface area contributed by atoms with Gasteiger partial charge in [0.1, 0.15) is 29.4 Å². The van der Waals surface area contributed by atoms with Gasteiger partial charge in [-0.05, 0) is 88.8 Å². The molecule has 0 atom stereocenters. The van der Waals surface area contributed by atoms with E-state index in [1.807, 2.05) is 36.5 Å². The molecule has 0 radical (unpaired) electrons. The SMILES string of the molecule is Cc1nc(-c2c(-c3nn(C(C)C)c4ncnc(N)c34)noc2C2CC2)ncc1C1CCN(C(=O)OCC(=O)N2CCC(CN3CCN(c4cc5c(cc4F)c(N4CCC(=O)NC4=O)nn5C)CC3)CC2)CC1. The summed E-state index contributed by atoms with van der Waals surface area (Å²) >= 11 is 0. The van der Waals surface area contributed by atoms with Crippen molar-refractivity contribution in [3.63, 3.8) is 0 Å². The number of anilines is 3. The summed E-state index contributed by atoms with van der Waals surface area (Å²) in [5, 5.41) is 17.4. The van der Waals surface area contributed by atoms with E-state index in [1.165, 1.54) is 17.3 Å². The number of carbonyl (C=O) groups excluding carboxylic acids is 4. The zero-order chi connectivity index (χ0) is 49.9. The van der Waals surface area contributed by atoms with Crippen molar-refractivity contribution >= 4 is 63.2 Å². The number of nitrogens with one attached hydrogen (secondary N) is 1. The molecular weight excluding hydrogens is 928 g/mol. The molecule has 11 rings (SSSR count). The molecule has 3 N–H and O–H groups in total. The molecule has 6 aromatic rings. The Morgan fingerprint density at radius 3 is 2.36 bits per heavy atom. The number of hydrogen-bond donors (Lipinski definition) is 2. The summed E-state index contributed by atoms with van der Waals surface area (Å²) < 4.78 is 30.7. The molecule has 5 aromatic heterocycles. The number of ether oxygens (including phenoxy) is 1. The summed E-state index contributed by atoms with van der Waals surface area (Å²) in [6.07, 6.45) is 8.05. The van der Waals surface area contributed by atoms with Crippen molar-refractivity contribution in [2.75, 3.05) is 87.6 Å². The molecule has 5 amide bonds. The number of hydrogen-bond acceptors (Lipinski definition) is 16. The van der Waals surface area contributed by atoms with Crippen LogP contribution in [-0.4, -0.2) is 155 Å². The molecule has 0 bridgehead atoms. The van der Waals surface area contributed by atoms with Crippen molar-refractivity contribution < 1.29 is 32.8 Å². The lowest BCUT2D eigenvalue weighted by molar-refractivity contribution is -0.136. The lowest BCUT2D eigenvalue weighted by atomic mass is 9.89. The van der Waals surface area contributed by atoms with Crippen molar-refractivity contribution in [2.45, 2.75) is 83.6 Å². The number of carbonyl (C=O) groups is 4. The van der Waals surface area contributed by atoms with Gasteiger partial charge in [-0.25, -0.2) is 38.6 Å². The van der Waals surface area contributed by atoms with Gasteiger partial charge in [0.05, 0.1) is 22.2 Å². The van der Waals surface area contributed by atoms with Gasteiger partial charge in [0.25, 0.3) is 5.91 Å². The van der Waals surface area contributed by atoms with Gasteiger partial charge in [-0.15, -0.1) is 0 Å². The first-order chi connectivity index (χ1) is 34.8. The summed E-state index contributed by atoms with van der Waals surface area (Å²) in [5.41, 5.74) is 11.8. The lowest BCUT2D eigenvalue weighted by Gasteiger charge is -2.39. The zero-order valence-electron chi connectivity index (χ0n) is 41.0. The van der Waals surface area contributed by atoms with E-state index >= 15 is 4.39 Å². The van der Waals surface area contributed by atoms with Crippen molar-refractivity contribution in [1.29, 1.82) is 0 Å². The number of halogens is 1. The number of urea groups is 1. The molecule has 0 unspecified atom stereocenters. The molecular formula is C49H59FN16O6. The van der Waals surface area contributed by atoms with Gasteiger partial charge in [0.15, 0.2) is 29.7 Å². The maximum absolute atomic E-state index is 15.7. The van der Waals surface area contributed by atoms with Crippen molar-refractivity contribution in [3.8, 4) is 22.8 Å². The highest BCUT2D eigenvalue weighted by Crippen LogP contribution is 2.48. The van der Waals surface area contributed by atoms with Crippen LogP contribution in [0.5, 0.6) is 0 Å². The number of fused-ring (bicyclic) bond motifs is 2. The Bertz CT molecular complexity index is 3090. The first-order valence-electron chi connectivity index (χ1n) is 25.1. The third kappa shape index (κ3) is 8.91. The van der Waals surface area contributed by atoms with Crippen LogP contribution in [0.3, 0.4) is 0 Å². The number of aryl methyl sites for hydroxylation is 2. The van der Waals surface area contributed by atoms with Crippen LogP contribution in [0.25, 0.3) is 44.7 Å². The third-order valence-electron chi connectivity index (χ3n) is 15.1. The van der Waals surface area contributed by atoms with Crippen LogP contribution in [0, 0.1) is 18.7 Å². The number of imide groups is 1. The van der Waals surface area contributed by atoms with Gasteiger partial charge >= 0.3 is 12.1 Å². The van der Waals surface area contributed by atoms with E-state index in [9.17, 15) is 19.2 Å². The van der Waals surface area contributed by atoms with E-state index in [2.05, 4.69) is 30.4 Å². The lowest BCUT2D eigenvalue weighted by Crippen LogP contribution is -2.50. The summed E-state index contributed by atoms with van der Waals surface area (Å²) in [6, 6.07) is 2.67. The number of nitrogens with zero attached hydrogens (tertiary/aromatic N) is 14. The quantitative estimate of drug-likeness (QED) is 0.171. The first-order valence-corrected chi connectivity index (χ1v) is 25.1. The minimum atomic E-state index is -0.562. The van der Waals surface area contributed by atoms with Crippen LogP contribution in [0.1, 0.15) is 93.7 Å². The average Bonchev–Trinajstić information content (AvgIpc) is 3.87. The molecule has 1 aliphatic carbocycles. The monoisotopic (exact) mass is 986 g/mol. The molecule has 9 heterocycles. The maximum atomic E-state index is 15.7. The Hall–Kier alpha value is -7.30. The van der Waals surface area contributed by atoms with Crippen molar-refractivity contribution in [2.24, 2.45) is 13.0 Å². The molecule has 1 aromatic carbocycles. The number of aromatic nitrogens is 9. The highest BCUT2D eigenvalue weighted by atomic mass is 19.1. The Balaban J connectivity index is 0.638. The predicted octanol–water partition coefficient (Wildman–Crippen LogP) is 5.14. The van der Waals surface area contributed by atoms with Crippen LogP contribution in [0.2, 0.25) is 0 Å². The van der Waals surface area contributed by atoms with Gasteiger partial charge in [0, 0.05) is 108 Å². The summed E-state index contributed by atoms with van der Waals surface area (Å²) in [7, 11) is 1.76. The molecule has 1 saturated carbocycles. The second kappa shape index (κ2) is 19.0. The van der Waals surface area contributed by atoms with Gasteiger partial charge in [-0.2, -0.15) is 10.2 Å². The Morgan fingerprint density at radius 2 is 1.65 bits per heavy atom. The fourth-order valence-corrected chi connectivity index (χ4v) is 10.9. The van der Waals surface area contributed by atoms with Gasteiger partial charge < -0.3 is 29.7 Å². The van der Waals surface area contributed by atoms with Gasteiger partial charge in [-0.3, -0.25) is 29.4 Å². The standard InChI is InChI=1S/C49H59FN16O6/c1-27(2)66-47-40(44(51)53-26-54-47)41(57-66)42-39(43(72-59-42)31-5-6-31)45-52-23-33(28(3)55-45)30-9-14-64(15-10-30)49(70)71-25-38(68)63-12-7-29(8-13-63)24-61-17-19-62(20-18-61)36-22-35-32(21-34(36)50)46(58-60(35)4)65-16-11-37(67)56-48(65)69/h21-23,26-27,29-31H,5-20,24-25H2,1-4H3,(H2,51,53,54)(H,56,67,69). The highest BCUT2D eigenvalue weighted by molar-refractivity contribution is 6.09. The van der Waals surface area contributed by atoms with E-state index in [-0.39, 0.29) is 55.1 Å². The normalized spacial score (nSPS) is 18.8. The minimum absolute atomic E-state index is 0.0108. The maximum Gasteiger partial charge on any atom is 0.410 e. The van der Waals surface area contributed by atoms with Crippen molar-refractivity contribution in [3.05, 3.63) is 47.5 Å². The van der Waals surface area contributed by atoms with Gasteiger partial charge in [0.2, 0.25) is 5.91 Å². The number of piperazine rings is 1. The highest BCUT2D eigenvalue weighted by Gasteiger charge is 2.37. The Kier molecular flexibility index (Phi) is 12.4. The largest absolute Gasteiger partial charge is 0.439 e. The van der Waals surface area contributed by atoms with Gasteiger partial charge in [-0.1, -0.05) is 5.16 Å². The molecule has 5 fully saturated rings. The van der Waals surface area contributed by atoms with Crippen LogP contribution in [0.4, 0.5) is 31.3 Å². The summed E-state index contributed by atoms with van der Waals surface area (Å²) in [6.45, 7) is 11.8. The van der Waals surface area contributed by atoms with E-state index < -0.39 is 12.1 Å². The molecule has 22 nitrogen and oxygen atoms in total. The zero-order valence-corrected chi connectivity index (χ0v) is 41.0. The Labute approximate surface area is 414 Å². The molecule has 23 heteroatoms. The van der Waals surface area contributed by atoms with E-state index in [4.69, 9.17) is 30.1 Å². The number of nitrogen functional groups attached to an aromatic ring is 1. The third-order valence-corrected chi connectivity index (χ3v) is 15.1. The summed E-state index contributed by atoms with van der Waals surface area (Å²) in [5.74, 6) is 1.72. The first kappa shape index (κ1) is 47.0. The minimum Gasteiger partial charge on any atom is -0.439 e. The molecule has 4 saturated heterocycles. The van der Waals surface area contributed by atoms with E-state index in [1.54, 1.807) is 27.6 Å². The molecule has 0 spiro atoms. The molecule has 4 aliphatic heterocycles. The smallest absolute Gasteiger partial charge is 0.410 e. The number of rotatable bonds is 11.